The molecule has 0 radical (unpaired) electrons. The maximum atomic E-state index is 13.7. The number of aromatic amines is 1. The molecule has 0 aliphatic carbocycles. The van der Waals surface area contributed by atoms with E-state index in [0.717, 1.165) is 17.8 Å². The average Bonchev–Trinajstić information content (AvgIpc) is 3.14. The summed E-state index contributed by atoms with van der Waals surface area (Å²) in [5.41, 5.74) is 2.08. The van der Waals surface area contributed by atoms with E-state index in [2.05, 4.69) is 25.5 Å². The molecule has 2 aromatic heterocycles. The predicted molar refractivity (Wildman–Crippen MR) is 92.9 cm³/mol. The Hall–Kier alpha value is -3.33. The molecular formula is C17H10F2N6S. The second kappa shape index (κ2) is 6.52. The molecule has 1 N–H and O–H groups in total. The van der Waals surface area contributed by atoms with Crippen molar-refractivity contribution >= 4 is 12.2 Å². The van der Waals surface area contributed by atoms with Crippen LogP contribution in [-0.2, 0) is 0 Å². The summed E-state index contributed by atoms with van der Waals surface area (Å²) in [7, 11) is 0. The monoisotopic (exact) mass is 368 g/mol. The van der Waals surface area contributed by atoms with Gasteiger partial charge in [0.1, 0.15) is 0 Å². The SMILES string of the molecule is Fc1ccc(-c2[nH]c(=S)ncc2-c2nnnn2-c2ccccc2)cc1F. The molecule has 0 aliphatic rings. The minimum Gasteiger partial charge on any atom is -0.330 e. The third kappa shape index (κ3) is 2.88. The van der Waals surface area contributed by atoms with E-state index < -0.39 is 11.6 Å². The molecule has 0 spiro atoms. The van der Waals surface area contributed by atoms with E-state index in [1.54, 1.807) is 0 Å². The van der Waals surface area contributed by atoms with Gasteiger partial charge in [-0.3, -0.25) is 0 Å². The van der Waals surface area contributed by atoms with Crippen LogP contribution in [0.15, 0.2) is 54.7 Å². The molecule has 0 unspecified atom stereocenters. The van der Waals surface area contributed by atoms with Gasteiger partial charge in [-0.15, -0.1) is 5.10 Å². The van der Waals surface area contributed by atoms with Crippen molar-refractivity contribution in [2.75, 3.05) is 0 Å². The lowest BCUT2D eigenvalue weighted by molar-refractivity contribution is 0.509. The second-order valence-corrected chi connectivity index (χ2v) is 5.74. The third-order valence-electron chi connectivity index (χ3n) is 3.73. The highest BCUT2D eigenvalue weighted by molar-refractivity contribution is 7.71. The Bertz CT molecular complexity index is 1140. The van der Waals surface area contributed by atoms with E-state index in [0.29, 0.717) is 22.6 Å². The summed E-state index contributed by atoms with van der Waals surface area (Å²) in [5.74, 6) is -1.51. The lowest BCUT2D eigenvalue weighted by Gasteiger charge is -2.10. The van der Waals surface area contributed by atoms with Crippen molar-refractivity contribution in [2.24, 2.45) is 0 Å². The number of tetrazole rings is 1. The van der Waals surface area contributed by atoms with Crippen molar-refractivity contribution in [3.8, 4) is 28.3 Å². The number of hydrogen-bond donors (Lipinski definition) is 1. The van der Waals surface area contributed by atoms with Crippen LogP contribution in [0.5, 0.6) is 0 Å². The standard InChI is InChI=1S/C17H10F2N6S/c18-13-7-6-10(8-14(13)19)15-12(9-20-17(26)21-15)16-22-23-24-25(16)11-4-2-1-3-5-11/h1-9H,(H,20,21,26). The van der Waals surface area contributed by atoms with Crippen molar-refractivity contribution in [1.82, 2.24) is 30.2 Å². The van der Waals surface area contributed by atoms with Crippen molar-refractivity contribution in [3.63, 3.8) is 0 Å². The van der Waals surface area contributed by atoms with Crippen molar-refractivity contribution in [1.29, 1.82) is 0 Å². The Morgan fingerprint density at radius 1 is 1.00 bits per heavy atom. The lowest BCUT2D eigenvalue weighted by atomic mass is 10.1. The minimum absolute atomic E-state index is 0.201. The summed E-state index contributed by atoms with van der Waals surface area (Å²) in [6.07, 6.45) is 1.50. The van der Waals surface area contributed by atoms with E-state index in [1.165, 1.54) is 16.9 Å². The van der Waals surface area contributed by atoms with Crippen molar-refractivity contribution in [3.05, 3.63) is 71.1 Å². The summed E-state index contributed by atoms with van der Waals surface area (Å²) in [4.78, 5) is 6.99. The highest BCUT2D eigenvalue weighted by Gasteiger charge is 2.17. The first-order chi connectivity index (χ1) is 12.6. The van der Waals surface area contributed by atoms with Crippen LogP contribution >= 0.6 is 12.2 Å². The van der Waals surface area contributed by atoms with Crippen LogP contribution in [0.25, 0.3) is 28.3 Å². The lowest BCUT2D eigenvalue weighted by Crippen LogP contribution is -2.02. The van der Waals surface area contributed by atoms with Gasteiger partial charge in [0.2, 0.25) is 0 Å². The molecule has 2 heterocycles. The molecule has 6 nitrogen and oxygen atoms in total. The van der Waals surface area contributed by atoms with Gasteiger partial charge in [0, 0.05) is 11.8 Å². The van der Waals surface area contributed by atoms with Crippen LogP contribution in [0.3, 0.4) is 0 Å². The Morgan fingerprint density at radius 3 is 2.58 bits per heavy atom. The predicted octanol–water partition coefficient (Wildman–Crippen LogP) is 3.73. The zero-order valence-corrected chi connectivity index (χ0v) is 13.9. The molecule has 0 bridgehead atoms. The second-order valence-electron chi connectivity index (χ2n) is 5.36. The molecule has 0 aliphatic heterocycles. The summed E-state index contributed by atoms with van der Waals surface area (Å²) >= 11 is 5.08. The van der Waals surface area contributed by atoms with Crippen molar-refractivity contribution in [2.45, 2.75) is 0 Å². The molecule has 0 atom stereocenters. The van der Waals surface area contributed by atoms with Crippen LogP contribution < -0.4 is 0 Å². The topological polar surface area (TPSA) is 72.3 Å². The van der Waals surface area contributed by atoms with Crippen LogP contribution in [0, 0.1) is 16.4 Å². The third-order valence-corrected chi connectivity index (χ3v) is 3.94. The van der Waals surface area contributed by atoms with E-state index in [1.807, 2.05) is 30.3 Å². The molecule has 128 valence electrons. The van der Waals surface area contributed by atoms with E-state index in [4.69, 9.17) is 12.2 Å². The zero-order chi connectivity index (χ0) is 18.1. The molecule has 26 heavy (non-hydrogen) atoms. The number of H-pyrrole nitrogens is 1. The van der Waals surface area contributed by atoms with E-state index in [-0.39, 0.29) is 4.77 Å². The fourth-order valence-corrected chi connectivity index (χ4v) is 2.70. The highest BCUT2D eigenvalue weighted by Crippen LogP contribution is 2.30. The fraction of sp³-hybridized carbons (Fsp3) is 0. The Balaban J connectivity index is 1.93. The first-order valence-electron chi connectivity index (χ1n) is 7.52. The minimum atomic E-state index is -0.966. The Kier molecular flexibility index (Phi) is 4.05. The number of halogens is 2. The zero-order valence-electron chi connectivity index (χ0n) is 13.1. The van der Waals surface area contributed by atoms with Crippen molar-refractivity contribution < 1.29 is 8.78 Å². The van der Waals surface area contributed by atoms with Gasteiger partial charge in [-0.05, 0) is 53.0 Å². The molecule has 0 fully saturated rings. The van der Waals surface area contributed by atoms with Gasteiger partial charge >= 0.3 is 0 Å². The number of aromatic nitrogens is 6. The van der Waals surface area contributed by atoms with Crippen LogP contribution in [0.4, 0.5) is 8.78 Å². The maximum Gasteiger partial charge on any atom is 0.197 e. The quantitative estimate of drug-likeness (QED) is 0.558. The van der Waals surface area contributed by atoms with Gasteiger partial charge in [-0.2, -0.15) is 4.68 Å². The molecule has 4 rings (SSSR count). The average molecular weight is 368 g/mol. The molecular weight excluding hydrogens is 358 g/mol. The molecule has 2 aromatic carbocycles. The number of hydrogen-bond acceptors (Lipinski definition) is 5. The largest absolute Gasteiger partial charge is 0.330 e. The molecule has 0 amide bonds. The van der Waals surface area contributed by atoms with Gasteiger partial charge in [0.15, 0.2) is 22.2 Å². The van der Waals surface area contributed by atoms with E-state index >= 15 is 0 Å². The number of para-hydroxylation sites is 1. The maximum absolute atomic E-state index is 13.7. The summed E-state index contributed by atoms with van der Waals surface area (Å²) in [6, 6.07) is 12.8. The van der Waals surface area contributed by atoms with Crippen LogP contribution in [0.1, 0.15) is 0 Å². The normalized spacial score (nSPS) is 10.8. The molecule has 0 saturated heterocycles. The number of nitrogens with one attached hydrogen (secondary N) is 1. The summed E-state index contributed by atoms with van der Waals surface area (Å²) in [6.45, 7) is 0. The van der Waals surface area contributed by atoms with Gasteiger partial charge in [-0.1, -0.05) is 18.2 Å². The summed E-state index contributed by atoms with van der Waals surface area (Å²) in [5, 5.41) is 11.8. The van der Waals surface area contributed by atoms with Gasteiger partial charge < -0.3 is 4.98 Å². The van der Waals surface area contributed by atoms with Gasteiger partial charge in [-0.25, -0.2) is 13.8 Å². The number of rotatable bonds is 3. The van der Waals surface area contributed by atoms with Gasteiger partial charge in [0.25, 0.3) is 0 Å². The molecule has 9 heteroatoms. The van der Waals surface area contributed by atoms with E-state index in [9.17, 15) is 8.78 Å². The van der Waals surface area contributed by atoms with Crippen LogP contribution in [-0.4, -0.2) is 30.2 Å². The summed E-state index contributed by atoms with van der Waals surface area (Å²) < 4.78 is 28.7. The Labute approximate surface area is 151 Å². The van der Waals surface area contributed by atoms with Crippen LogP contribution in [0.2, 0.25) is 0 Å². The molecule has 4 aromatic rings. The smallest absolute Gasteiger partial charge is 0.197 e. The molecule has 0 saturated carbocycles. The first-order valence-corrected chi connectivity index (χ1v) is 7.93. The number of nitrogens with zero attached hydrogens (tertiary/aromatic N) is 5. The first kappa shape index (κ1) is 16.2. The van der Waals surface area contributed by atoms with Gasteiger partial charge in [0.05, 0.1) is 16.9 Å². The number of benzene rings is 2. The fourth-order valence-electron chi connectivity index (χ4n) is 2.54. The Morgan fingerprint density at radius 2 is 1.81 bits per heavy atom. The highest BCUT2D eigenvalue weighted by atomic mass is 32.1.